The van der Waals surface area contributed by atoms with Crippen LogP contribution in [0.2, 0.25) is 0 Å². The van der Waals surface area contributed by atoms with Gasteiger partial charge in [-0.15, -0.1) is 0 Å². The van der Waals surface area contributed by atoms with Gasteiger partial charge in [0.2, 0.25) is 0 Å². The summed E-state index contributed by atoms with van der Waals surface area (Å²) in [6.45, 7) is -1.72. The maximum absolute atomic E-state index is 12.1. The van der Waals surface area contributed by atoms with Crippen molar-refractivity contribution in [2.75, 3.05) is 19.6 Å². The van der Waals surface area contributed by atoms with E-state index in [0.717, 1.165) is 0 Å². The van der Waals surface area contributed by atoms with Crippen LogP contribution in [0.25, 0.3) is 0 Å². The number of hydrogen-bond acceptors (Lipinski definition) is 8. The molecular weight excluding hydrogens is 322 g/mol. The van der Waals surface area contributed by atoms with Crippen molar-refractivity contribution < 1.29 is 34.2 Å². The van der Waals surface area contributed by atoms with Gasteiger partial charge in [0, 0.05) is 0 Å². The number of carbonyl (C=O) groups excluding carboxylic acids is 3. The van der Waals surface area contributed by atoms with Crippen LogP contribution in [-0.2, 0) is 24.0 Å². The highest BCUT2D eigenvalue weighted by Crippen LogP contribution is 2.30. The Labute approximate surface area is 138 Å². The summed E-state index contributed by atoms with van der Waals surface area (Å²) >= 11 is 0. The Morgan fingerprint density at radius 2 is 1.25 bits per heavy atom. The predicted octanol–water partition coefficient (Wildman–Crippen LogP) is -2.10. The smallest absolute Gasteiger partial charge is 0.307 e. The van der Waals surface area contributed by atoms with E-state index < -0.39 is 66.7 Å². The van der Waals surface area contributed by atoms with Gasteiger partial charge in [-0.3, -0.25) is 24.0 Å². The number of hydrogen-bond donors (Lipinski definition) is 5. The van der Waals surface area contributed by atoms with Gasteiger partial charge in [0.15, 0.2) is 17.3 Å². The van der Waals surface area contributed by atoms with E-state index in [1.165, 1.54) is 0 Å². The van der Waals surface area contributed by atoms with Gasteiger partial charge in [0.1, 0.15) is 5.41 Å². The molecule has 0 aromatic heterocycles. The quantitative estimate of drug-likeness (QED) is 0.230. The summed E-state index contributed by atoms with van der Waals surface area (Å²) in [4.78, 5) is 58.1. The molecule has 10 nitrogen and oxygen atoms in total. The van der Waals surface area contributed by atoms with Gasteiger partial charge in [0.05, 0.1) is 32.0 Å². The lowest BCUT2D eigenvalue weighted by atomic mass is 9.71. The molecular formula is C14H23N3O7. The maximum Gasteiger partial charge on any atom is 0.307 e. The summed E-state index contributed by atoms with van der Waals surface area (Å²) in [5.74, 6) is -6.31. The first-order chi connectivity index (χ1) is 11.2. The van der Waals surface area contributed by atoms with Gasteiger partial charge >= 0.3 is 11.9 Å². The summed E-state index contributed by atoms with van der Waals surface area (Å²) in [5.41, 5.74) is 13.8. The minimum absolute atomic E-state index is 0.0481. The van der Waals surface area contributed by atoms with Gasteiger partial charge in [-0.2, -0.15) is 0 Å². The van der Waals surface area contributed by atoms with Gasteiger partial charge in [-0.25, -0.2) is 0 Å². The van der Waals surface area contributed by atoms with Gasteiger partial charge in [0.25, 0.3) is 0 Å². The largest absolute Gasteiger partial charge is 0.481 e. The molecule has 1 atom stereocenters. The van der Waals surface area contributed by atoms with Crippen molar-refractivity contribution in [1.82, 2.24) is 0 Å². The maximum atomic E-state index is 12.1. The Bertz CT molecular complexity index is 478. The van der Waals surface area contributed by atoms with E-state index in [2.05, 4.69) is 0 Å². The number of carboxylic acid groups (broad SMARTS) is 2. The Balaban J connectivity index is 5.36. The summed E-state index contributed by atoms with van der Waals surface area (Å²) in [6.07, 6.45) is -1.09. The molecule has 0 aliphatic carbocycles. The number of Topliss-reactive ketones (excluding diaryl/α,β-unsaturated/α-hetero) is 3. The average Bonchev–Trinajstić information content (AvgIpc) is 2.55. The van der Waals surface area contributed by atoms with Crippen LogP contribution in [-0.4, -0.2) is 59.1 Å². The van der Waals surface area contributed by atoms with E-state index in [0.29, 0.717) is 0 Å². The number of ketones is 3. The van der Waals surface area contributed by atoms with Crippen molar-refractivity contribution in [1.29, 1.82) is 0 Å². The third-order valence-corrected chi connectivity index (χ3v) is 3.86. The third-order valence-electron chi connectivity index (χ3n) is 3.86. The molecule has 0 saturated heterocycles. The highest BCUT2D eigenvalue weighted by Gasteiger charge is 2.48. The zero-order valence-corrected chi connectivity index (χ0v) is 13.2. The molecule has 0 aromatic rings. The number of rotatable bonds is 13. The fraction of sp³-hybridized carbons (Fsp3) is 0.643. The molecule has 1 unspecified atom stereocenters. The molecule has 0 radical (unpaired) electrons. The SMILES string of the molecule is NCC(=O)C(CCCC(CC(=O)O)C(=O)O)(C(=O)CN)C(=O)CN. The lowest BCUT2D eigenvalue weighted by molar-refractivity contribution is -0.149. The first kappa shape index (κ1) is 21.8. The first-order valence-electron chi connectivity index (χ1n) is 7.32. The average molecular weight is 345 g/mol. The van der Waals surface area contributed by atoms with Gasteiger partial charge < -0.3 is 27.4 Å². The minimum Gasteiger partial charge on any atom is -0.481 e. The van der Waals surface area contributed by atoms with Crippen molar-refractivity contribution in [3.8, 4) is 0 Å². The van der Waals surface area contributed by atoms with Crippen LogP contribution in [0.1, 0.15) is 25.7 Å². The lowest BCUT2D eigenvalue weighted by Crippen LogP contribution is -2.53. The minimum atomic E-state index is -2.09. The molecule has 24 heavy (non-hydrogen) atoms. The second kappa shape index (κ2) is 9.85. The Hall–Kier alpha value is -2.17. The van der Waals surface area contributed by atoms with Crippen LogP contribution in [0.4, 0.5) is 0 Å². The Morgan fingerprint density at radius 3 is 1.54 bits per heavy atom. The van der Waals surface area contributed by atoms with Crippen molar-refractivity contribution >= 4 is 29.3 Å². The number of aliphatic carboxylic acids is 2. The topological polar surface area (TPSA) is 204 Å². The molecule has 0 rings (SSSR count). The third kappa shape index (κ3) is 5.18. The zero-order chi connectivity index (χ0) is 18.9. The van der Waals surface area contributed by atoms with E-state index >= 15 is 0 Å². The molecule has 0 aliphatic rings. The van der Waals surface area contributed by atoms with E-state index in [9.17, 15) is 24.0 Å². The number of nitrogens with two attached hydrogens (primary N) is 3. The highest BCUT2D eigenvalue weighted by atomic mass is 16.4. The molecule has 10 heteroatoms. The second-order valence-corrected chi connectivity index (χ2v) is 5.31. The van der Waals surface area contributed by atoms with Gasteiger partial charge in [-0.1, -0.05) is 6.42 Å². The number of carboxylic acids is 2. The van der Waals surface area contributed by atoms with Crippen LogP contribution in [0.5, 0.6) is 0 Å². The molecule has 0 spiro atoms. The van der Waals surface area contributed by atoms with E-state index in [1.54, 1.807) is 0 Å². The number of carbonyl (C=O) groups is 5. The second-order valence-electron chi connectivity index (χ2n) is 5.31. The summed E-state index contributed by atoms with van der Waals surface area (Å²) in [5, 5.41) is 17.7. The molecule has 0 aromatic carbocycles. The van der Waals surface area contributed by atoms with Crippen molar-refractivity contribution in [2.45, 2.75) is 25.7 Å². The molecule has 8 N–H and O–H groups in total. The predicted molar refractivity (Wildman–Crippen MR) is 81.8 cm³/mol. The van der Waals surface area contributed by atoms with Crippen LogP contribution in [0, 0.1) is 11.3 Å². The molecule has 0 amide bonds. The molecule has 0 bridgehead atoms. The van der Waals surface area contributed by atoms with Crippen molar-refractivity contribution in [2.24, 2.45) is 28.5 Å². The molecule has 0 heterocycles. The van der Waals surface area contributed by atoms with E-state index in [1.807, 2.05) is 0 Å². The Kier molecular flexibility index (Phi) is 8.96. The fourth-order valence-electron chi connectivity index (χ4n) is 2.54. The van der Waals surface area contributed by atoms with E-state index in [4.69, 9.17) is 27.4 Å². The normalized spacial score (nSPS) is 12.5. The van der Waals surface area contributed by atoms with Crippen molar-refractivity contribution in [3.05, 3.63) is 0 Å². The van der Waals surface area contributed by atoms with E-state index in [-0.39, 0.29) is 19.3 Å². The monoisotopic (exact) mass is 345 g/mol. The molecule has 0 fully saturated rings. The van der Waals surface area contributed by atoms with Crippen molar-refractivity contribution in [3.63, 3.8) is 0 Å². The van der Waals surface area contributed by atoms with Crippen LogP contribution < -0.4 is 17.2 Å². The summed E-state index contributed by atoms with van der Waals surface area (Å²) in [7, 11) is 0. The molecule has 0 aliphatic heterocycles. The Morgan fingerprint density at radius 1 is 0.833 bits per heavy atom. The van der Waals surface area contributed by atoms with Crippen LogP contribution >= 0.6 is 0 Å². The standard InChI is InChI=1S/C14H23N3O7/c15-5-9(18)14(10(19)6-16,11(20)7-17)3-1-2-8(13(23)24)4-12(21)22/h8H,1-7,15-17H2,(H,21,22)(H,23,24). The first-order valence-corrected chi connectivity index (χ1v) is 7.32. The zero-order valence-electron chi connectivity index (χ0n) is 13.2. The summed E-state index contributed by atoms with van der Waals surface area (Å²) < 4.78 is 0. The van der Waals surface area contributed by atoms with Gasteiger partial charge in [-0.05, 0) is 12.8 Å². The van der Waals surface area contributed by atoms with Crippen LogP contribution in [0.15, 0.2) is 0 Å². The lowest BCUT2D eigenvalue weighted by Gasteiger charge is -2.28. The molecule has 0 saturated carbocycles. The fourth-order valence-corrected chi connectivity index (χ4v) is 2.54. The summed E-state index contributed by atoms with van der Waals surface area (Å²) in [6, 6.07) is 0. The highest BCUT2D eigenvalue weighted by molar-refractivity contribution is 6.25. The molecule has 136 valence electrons. The van der Waals surface area contributed by atoms with Crippen LogP contribution in [0.3, 0.4) is 0 Å².